The van der Waals surface area contributed by atoms with Crippen molar-refractivity contribution in [2.24, 2.45) is 0 Å². The van der Waals surface area contributed by atoms with Crippen LogP contribution in [0, 0.1) is 13.8 Å². The van der Waals surface area contributed by atoms with E-state index in [1.807, 2.05) is 61.1 Å². The summed E-state index contributed by atoms with van der Waals surface area (Å²) in [5.41, 5.74) is 4.13. The van der Waals surface area contributed by atoms with Crippen LogP contribution in [0.1, 0.15) is 22.7 Å². The first kappa shape index (κ1) is 13.6. The number of nitrogens with zero attached hydrogens (tertiary/aromatic N) is 3. The molecule has 0 aliphatic rings. The van der Waals surface area contributed by atoms with Gasteiger partial charge in [0.1, 0.15) is 5.76 Å². The number of benzene rings is 1. The summed E-state index contributed by atoms with van der Waals surface area (Å²) < 4.78 is 7.03. The molecule has 21 heavy (non-hydrogen) atoms. The summed E-state index contributed by atoms with van der Waals surface area (Å²) in [7, 11) is 0. The first-order valence-electron chi connectivity index (χ1n) is 6.96. The highest BCUT2D eigenvalue weighted by molar-refractivity contribution is 5.30. The zero-order chi connectivity index (χ0) is 14.7. The number of aryl methyl sites for hydroxylation is 2. The monoisotopic (exact) mass is 282 g/mol. The maximum atomic E-state index is 5.15. The van der Waals surface area contributed by atoms with Crippen molar-refractivity contribution in [3.63, 3.8) is 0 Å². The summed E-state index contributed by atoms with van der Waals surface area (Å²) in [6, 6.07) is 12.1. The topological polar surface area (TPSA) is 55.9 Å². The van der Waals surface area contributed by atoms with Gasteiger partial charge in [0.15, 0.2) is 0 Å². The molecule has 0 bridgehead atoms. The minimum atomic E-state index is 0.712. The highest BCUT2D eigenvalue weighted by Gasteiger charge is 2.08. The van der Waals surface area contributed by atoms with E-state index in [9.17, 15) is 0 Å². The number of hydrogen-bond donors (Lipinski definition) is 1. The van der Waals surface area contributed by atoms with Gasteiger partial charge in [0.25, 0.3) is 0 Å². The smallest absolute Gasteiger partial charge is 0.138 e. The molecule has 1 N–H and O–H groups in total. The number of hydrogen-bond acceptors (Lipinski definition) is 4. The quantitative estimate of drug-likeness (QED) is 0.782. The maximum absolute atomic E-state index is 5.15. The SMILES string of the molecule is Cc1noc(C)c1CNCc1ccn(-c2ccccc2)n1. The molecular formula is C16H18N4O. The first-order chi connectivity index (χ1) is 10.2. The highest BCUT2D eigenvalue weighted by atomic mass is 16.5. The van der Waals surface area contributed by atoms with Crippen LogP contribution in [0.4, 0.5) is 0 Å². The lowest BCUT2D eigenvalue weighted by molar-refractivity contribution is 0.392. The molecule has 2 heterocycles. The molecule has 0 saturated carbocycles. The van der Waals surface area contributed by atoms with E-state index in [2.05, 4.69) is 15.6 Å². The molecule has 0 aliphatic heterocycles. The van der Waals surface area contributed by atoms with Gasteiger partial charge in [-0.2, -0.15) is 5.10 Å². The number of aromatic nitrogens is 3. The van der Waals surface area contributed by atoms with Crippen LogP contribution in [-0.4, -0.2) is 14.9 Å². The van der Waals surface area contributed by atoms with Gasteiger partial charge in [-0.3, -0.25) is 0 Å². The Morgan fingerprint density at radius 2 is 1.90 bits per heavy atom. The van der Waals surface area contributed by atoms with Crippen molar-refractivity contribution in [3.8, 4) is 5.69 Å². The Kier molecular flexibility index (Phi) is 3.83. The lowest BCUT2D eigenvalue weighted by Crippen LogP contribution is -2.14. The zero-order valence-corrected chi connectivity index (χ0v) is 12.2. The normalized spacial score (nSPS) is 11.0. The van der Waals surface area contributed by atoms with Crippen LogP contribution in [-0.2, 0) is 13.1 Å². The van der Waals surface area contributed by atoms with Crippen molar-refractivity contribution in [2.45, 2.75) is 26.9 Å². The van der Waals surface area contributed by atoms with Crippen molar-refractivity contribution >= 4 is 0 Å². The van der Waals surface area contributed by atoms with E-state index in [0.717, 1.165) is 34.9 Å². The Hall–Kier alpha value is -2.40. The predicted molar refractivity (Wildman–Crippen MR) is 80.1 cm³/mol. The Labute approximate surface area is 123 Å². The Morgan fingerprint density at radius 3 is 2.62 bits per heavy atom. The Bertz CT molecular complexity index is 695. The molecule has 0 saturated heterocycles. The van der Waals surface area contributed by atoms with Gasteiger partial charge in [-0.15, -0.1) is 0 Å². The summed E-state index contributed by atoms with van der Waals surface area (Å²) >= 11 is 0. The average Bonchev–Trinajstić information content (AvgIpc) is 3.10. The first-order valence-corrected chi connectivity index (χ1v) is 6.96. The summed E-state index contributed by atoms with van der Waals surface area (Å²) in [5.74, 6) is 0.870. The van der Waals surface area contributed by atoms with Gasteiger partial charge >= 0.3 is 0 Å². The van der Waals surface area contributed by atoms with E-state index in [-0.39, 0.29) is 0 Å². The van der Waals surface area contributed by atoms with Crippen molar-refractivity contribution in [1.29, 1.82) is 0 Å². The van der Waals surface area contributed by atoms with Crippen LogP contribution in [0.2, 0.25) is 0 Å². The molecule has 0 fully saturated rings. The third kappa shape index (κ3) is 3.03. The van der Waals surface area contributed by atoms with Crippen LogP contribution in [0.25, 0.3) is 5.69 Å². The fraction of sp³-hybridized carbons (Fsp3) is 0.250. The molecule has 3 aromatic rings. The van der Waals surface area contributed by atoms with E-state index < -0.39 is 0 Å². The molecule has 0 radical (unpaired) electrons. The number of para-hydroxylation sites is 1. The fourth-order valence-corrected chi connectivity index (χ4v) is 2.25. The van der Waals surface area contributed by atoms with Gasteiger partial charge in [0.05, 0.1) is 17.1 Å². The van der Waals surface area contributed by atoms with Gasteiger partial charge in [-0.25, -0.2) is 4.68 Å². The third-order valence-corrected chi connectivity index (χ3v) is 3.45. The molecular weight excluding hydrogens is 264 g/mol. The molecule has 108 valence electrons. The Morgan fingerprint density at radius 1 is 1.10 bits per heavy atom. The molecule has 5 heteroatoms. The maximum Gasteiger partial charge on any atom is 0.138 e. The predicted octanol–water partition coefficient (Wildman–Crippen LogP) is 2.77. The molecule has 2 aromatic heterocycles. The zero-order valence-electron chi connectivity index (χ0n) is 12.2. The van der Waals surface area contributed by atoms with E-state index in [0.29, 0.717) is 6.54 Å². The van der Waals surface area contributed by atoms with Gasteiger partial charge < -0.3 is 9.84 Å². The molecule has 0 amide bonds. The largest absolute Gasteiger partial charge is 0.361 e. The molecule has 0 atom stereocenters. The van der Waals surface area contributed by atoms with Crippen molar-refractivity contribution in [2.75, 3.05) is 0 Å². The molecule has 1 aromatic carbocycles. The summed E-state index contributed by atoms with van der Waals surface area (Å²) in [6.45, 7) is 5.34. The van der Waals surface area contributed by atoms with Crippen LogP contribution in [0.15, 0.2) is 47.1 Å². The summed E-state index contributed by atoms with van der Waals surface area (Å²) in [4.78, 5) is 0. The molecule has 0 spiro atoms. The minimum absolute atomic E-state index is 0.712. The number of nitrogens with one attached hydrogen (secondary N) is 1. The van der Waals surface area contributed by atoms with E-state index in [4.69, 9.17) is 4.52 Å². The minimum Gasteiger partial charge on any atom is -0.361 e. The lowest BCUT2D eigenvalue weighted by atomic mass is 10.2. The van der Waals surface area contributed by atoms with Gasteiger partial charge in [0.2, 0.25) is 0 Å². The Balaban J connectivity index is 1.61. The molecule has 0 aliphatic carbocycles. The number of rotatable bonds is 5. The van der Waals surface area contributed by atoms with Gasteiger partial charge in [0, 0.05) is 24.8 Å². The van der Waals surface area contributed by atoms with E-state index >= 15 is 0 Å². The van der Waals surface area contributed by atoms with Crippen LogP contribution in [0.3, 0.4) is 0 Å². The van der Waals surface area contributed by atoms with Crippen LogP contribution >= 0.6 is 0 Å². The van der Waals surface area contributed by atoms with Crippen molar-refractivity contribution < 1.29 is 4.52 Å². The molecule has 0 unspecified atom stereocenters. The highest BCUT2D eigenvalue weighted by Crippen LogP contribution is 2.12. The van der Waals surface area contributed by atoms with E-state index in [1.165, 1.54) is 0 Å². The van der Waals surface area contributed by atoms with Gasteiger partial charge in [-0.1, -0.05) is 23.4 Å². The second kappa shape index (κ2) is 5.93. The summed E-state index contributed by atoms with van der Waals surface area (Å²) in [5, 5.41) is 11.9. The lowest BCUT2D eigenvalue weighted by Gasteiger charge is -2.03. The molecule has 5 nitrogen and oxygen atoms in total. The van der Waals surface area contributed by atoms with Gasteiger partial charge in [-0.05, 0) is 32.0 Å². The van der Waals surface area contributed by atoms with Crippen molar-refractivity contribution in [1.82, 2.24) is 20.3 Å². The average molecular weight is 282 g/mol. The summed E-state index contributed by atoms with van der Waals surface area (Å²) in [6.07, 6.45) is 1.97. The van der Waals surface area contributed by atoms with Crippen molar-refractivity contribution in [3.05, 3.63) is 65.3 Å². The van der Waals surface area contributed by atoms with E-state index in [1.54, 1.807) is 0 Å². The standard InChI is InChI=1S/C16H18N4O/c1-12-16(13(2)21-19-12)11-17-10-14-8-9-20(18-14)15-6-4-3-5-7-15/h3-9,17H,10-11H2,1-2H3. The molecule has 3 rings (SSSR count). The van der Waals surface area contributed by atoms with Crippen LogP contribution < -0.4 is 5.32 Å². The second-order valence-corrected chi connectivity index (χ2v) is 4.99. The fourth-order valence-electron chi connectivity index (χ4n) is 2.25. The second-order valence-electron chi connectivity index (χ2n) is 4.99. The third-order valence-electron chi connectivity index (χ3n) is 3.45. The van der Waals surface area contributed by atoms with Crippen LogP contribution in [0.5, 0.6) is 0 Å².